The quantitative estimate of drug-likeness (QED) is 0.820. The van der Waals surface area contributed by atoms with E-state index < -0.39 is 0 Å². The molecule has 6 heteroatoms. The number of hydrogen-bond donors (Lipinski definition) is 2. The van der Waals surface area contributed by atoms with Crippen LogP contribution in [0.1, 0.15) is 10.4 Å². The Kier molecular flexibility index (Phi) is 4.52. The number of methoxy groups -OCH3 is 1. The van der Waals surface area contributed by atoms with Gasteiger partial charge in [0.1, 0.15) is 5.75 Å². The number of nitrogens with one attached hydrogen (secondary N) is 1. The van der Waals surface area contributed by atoms with Gasteiger partial charge in [0, 0.05) is 10.2 Å². The summed E-state index contributed by atoms with van der Waals surface area (Å²) in [4.78, 5) is 12.3. The lowest BCUT2D eigenvalue weighted by atomic mass is 10.2. The molecular weight excluding hydrogens is 344 g/mol. The molecule has 0 aliphatic carbocycles. The van der Waals surface area contributed by atoms with Crippen LogP contribution in [0, 0.1) is 0 Å². The van der Waals surface area contributed by atoms with Crippen LogP contribution in [0.5, 0.6) is 5.75 Å². The molecule has 4 nitrogen and oxygen atoms in total. The molecule has 0 bridgehead atoms. The highest BCUT2D eigenvalue weighted by Gasteiger charge is 2.14. The van der Waals surface area contributed by atoms with Crippen LogP contribution in [0.15, 0.2) is 40.9 Å². The number of carbonyl (C=O) groups excluding carboxylic acids is 1. The van der Waals surface area contributed by atoms with Crippen molar-refractivity contribution >= 4 is 44.8 Å². The first-order chi connectivity index (χ1) is 9.51. The summed E-state index contributed by atoms with van der Waals surface area (Å²) in [6.45, 7) is 0. The molecule has 0 spiro atoms. The van der Waals surface area contributed by atoms with Crippen LogP contribution in [-0.4, -0.2) is 13.0 Å². The van der Waals surface area contributed by atoms with Crippen LogP contribution >= 0.6 is 27.5 Å². The highest BCUT2D eigenvalue weighted by atomic mass is 79.9. The Balaban J connectivity index is 2.30. The van der Waals surface area contributed by atoms with Crippen LogP contribution in [0.2, 0.25) is 5.02 Å². The third kappa shape index (κ3) is 3.23. The van der Waals surface area contributed by atoms with Gasteiger partial charge < -0.3 is 15.8 Å². The molecule has 2 aromatic carbocycles. The van der Waals surface area contributed by atoms with Gasteiger partial charge in [-0.25, -0.2) is 0 Å². The van der Waals surface area contributed by atoms with Crippen LogP contribution in [0.3, 0.4) is 0 Å². The summed E-state index contributed by atoms with van der Waals surface area (Å²) in [5.74, 6) is 0.152. The molecule has 0 aliphatic heterocycles. The summed E-state index contributed by atoms with van der Waals surface area (Å²) in [5.41, 5.74) is 7.07. The molecule has 2 aromatic rings. The zero-order chi connectivity index (χ0) is 14.7. The first-order valence-electron chi connectivity index (χ1n) is 5.71. The molecule has 0 aromatic heterocycles. The van der Waals surface area contributed by atoms with E-state index in [1.807, 2.05) is 0 Å². The van der Waals surface area contributed by atoms with E-state index in [4.69, 9.17) is 22.1 Å². The summed E-state index contributed by atoms with van der Waals surface area (Å²) < 4.78 is 6.02. The largest absolute Gasteiger partial charge is 0.496 e. The van der Waals surface area contributed by atoms with Crippen molar-refractivity contribution in [2.75, 3.05) is 18.2 Å². The van der Waals surface area contributed by atoms with E-state index in [1.165, 1.54) is 7.11 Å². The Bertz CT molecular complexity index is 662. The lowest BCUT2D eigenvalue weighted by molar-refractivity contribution is 0.102. The van der Waals surface area contributed by atoms with Crippen LogP contribution in [0.4, 0.5) is 11.4 Å². The fourth-order valence-corrected chi connectivity index (χ4v) is 2.19. The maximum Gasteiger partial charge on any atom is 0.259 e. The van der Waals surface area contributed by atoms with E-state index in [2.05, 4.69) is 21.2 Å². The summed E-state index contributed by atoms with van der Waals surface area (Å²) in [7, 11) is 1.51. The molecule has 1 amide bonds. The Morgan fingerprint density at radius 3 is 2.75 bits per heavy atom. The number of halogens is 2. The molecular formula is C14H12BrClN2O2. The zero-order valence-corrected chi connectivity index (χ0v) is 13.0. The third-order valence-electron chi connectivity index (χ3n) is 2.65. The maximum absolute atomic E-state index is 12.3. The van der Waals surface area contributed by atoms with Gasteiger partial charge in [-0.05, 0) is 36.4 Å². The SMILES string of the molecule is COc1cc(Br)ccc1C(=O)Nc1cc(N)ccc1Cl. The highest BCUT2D eigenvalue weighted by Crippen LogP contribution is 2.27. The number of rotatable bonds is 3. The summed E-state index contributed by atoms with van der Waals surface area (Å²) in [6.07, 6.45) is 0. The number of nitrogens with two attached hydrogens (primary N) is 1. The van der Waals surface area contributed by atoms with Crippen molar-refractivity contribution in [1.29, 1.82) is 0 Å². The summed E-state index contributed by atoms with van der Waals surface area (Å²) in [6, 6.07) is 10.0. The average molecular weight is 356 g/mol. The second-order valence-corrected chi connectivity index (χ2v) is 5.36. The minimum Gasteiger partial charge on any atom is -0.496 e. The molecule has 104 valence electrons. The van der Waals surface area contributed by atoms with Crippen LogP contribution < -0.4 is 15.8 Å². The molecule has 3 N–H and O–H groups in total. The van der Waals surface area contributed by atoms with Crippen LogP contribution in [0.25, 0.3) is 0 Å². The molecule has 0 unspecified atom stereocenters. The zero-order valence-electron chi connectivity index (χ0n) is 10.6. The molecule has 0 atom stereocenters. The van der Waals surface area contributed by atoms with Crippen molar-refractivity contribution in [2.45, 2.75) is 0 Å². The van der Waals surface area contributed by atoms with Crippen molar-refractivity contribution in [3.05, 3.63) is 51.5 Å². The minimum absolute atomic E-state index is 0.318. The number of nitrogen functional groups attached to an aromatic ring is 1. The van der Waals surface area contributed by atoms with Gasteiger partial charge in [0.25, 0.3) is 5.91 Å². The highest BCUT2D eigenvalue weighted by molar-refractivity contribution is 9.10. The molecule has 0 radical (unpaired) electrons. The maximum atomic E-state index is 12.3. The second kappa shape index (κ2) is 6.15. The summed E-state index contributed by atoms with van der Waals surface area (Å²) >= 11 is 9.34. The van der Waals surface area contributed by atoms with Gasteiger partial charge in [-0.3, -0.25) is 4.79 Å². The van der Waals surface area contributed by atoms with Gasteiger partial charge >= 0.3 is 0 Å². The van der Waals surface area contributed by atoms with Gasteiger partial charge in [-0.15, -0.1) is 0 Å². The standard InChI is InChI=1S/C14H12BrClN2O2/c1-20-13-6-8(15)2-4-10(13)14(19)18-12-7-9(17)3-5-11(12)16/h2-7H,17H2,1H3,(H,18,19). The molecule has 0 aliphatic rings. The average Bonchev–Trinajstić information content (AvgIpc) is 2.42. The van der Waals surface area contributed by atoms with Gasteiger partial charge in [0.15, 0.2) is 0 Å². The fourth-order valence-electron chi connectivity index (χ4n) is 1.68. The third-order valence-corrected chi connectivity index (χ3v) is 3.47. The molecule has 0 saturated carbocycles. The molecule has 0 heterocycles. The van der Waals surface area contributed by atoms with Gasteiger partial charge in [-0.2, -0.15) is 0 Å². The van der Waals surface area contributed by atoms with E-state index >= 15 is 0 Å². The predicted octanol–water partition coefficient (Wildman–Crippen LogP) is 3.95. The van der Waals surface area contributed by atoms with Crippen LogP contribution in [-0.2, 0) is 0 Å². The van der Waals surface area contributed by atoms with Crippen molar-refractivity contribution in [2.24, 2.45) is 0 Å². The Morgan fingerprint density at radius 2 is 2.05 bits per heavy atom. The second-order valence-electron chi connectivity index (χ2n) is 4.04. The first kappa shape index (κ1) is 14.7. The number of benzene rings is 2. The van der Waals surface area contributed by atoms with Crippen molar-refractivity contribution in [3.8, 4) is 5.75 Å². The van der Waals surface area contributed by atoms with Crippen molar-refractivity contribution < 1.29 is 9.53 Å². The predicted molar refractivity (Wildman–Crippen MR) is 84.5 cm³/mol. The van der Waals surface area contributed by atoms with E-state index in [1.54, 1.807) is 36.4 Å². The smallest absolute Gasteiger partial charge is 0.259 e. The monoisotopic (exact) mass is 354 g/mol. The molecule has 0 fully saturated rings. The lowest BCUT2D eigenvalue weighted by Crippen LogP contribution is -2.13. The summed E-state index contributed by atoms with van der Waals surface area (Å²) in [5, 5.41) is 3.14. The number of hydrogen-bond acceptors (Lipinski definition) is 3. The van der Waals surface area contributed by atoms with Gasteiger partial charge in [0.2, 0.25) is 0 Å². The number of carbonyl (C=O) groups is 1. The van der Waals surface area contributed by atoms with Gasteiger partial charge in [0.05, 0.1) is 23.4 Å². The normalized spacial score (nSPS) is 10.2. The number of ether oxygens (including phenoxy) is 1. The minimum atomic E-state index is -0.318. The van der Waals surface area contributed by atoms with E-state index in [9.17, 15) is 4.79 Å². The van der Waals surface area contributed by atoms with E-state index in [0.717, 1.165) is 4.47 Å². The van der Waals surface area contributed by atoms with E-state index in [-0.39, 0.29) is 5.91 Å². The molecule has 0 saturated heterocycles. The number of amides is 1. The molecule has 20 heavy (non-hydrogen) atoms. The van der Waals surface area contributed by atoms with E-state index in [0.29, 0.717) is 27.7 Å². The fraction of sp³-hybridized carbons (Fsp3) is 0.0714. The Hall–Kier alpha value is -1.72. The Labute approximate surface area is 130 Å². The molecule has 2 rings (SSSR count). The number of anilines is 2. The lowest BCUT2D eigenvalue weighted by Gasteiger charge is -2.11. The van der Waals surface area contributed by atoms with Gasteiger partial charge in [-0.1, -0.05) is 27.5 Å². The van der Waals surface area contributed by atoms with Crippen molar-refractivity contribution in [1.82, 2.24) is 0 Å². The first-order valence-corrected chi connectivity index (χ1v) is 6.88. The topological polar surface area (TPSA) is 64.3 Å². The Morgan fingerprint density at radius 1 is 1.30 bits per heavy atom. The van der Waals surface area contributed by atoms with Crippen molar-refractivity contribution in [3.63, 3.8) is 0 Å².